The average Bonchev–Trinajstić information content (AvgIpc) is 2.81. The van der Waals surface area contributed by atoms with E-state index >= 15 is 0 Å². The summed E-state index contributed by atoms with van der Waals surface area (Å²) in [6, 6.07) is 10.8. The van der Waals surface area contributed by atoms with Crippen LogP contribution in [0.15, 0.2) is 52.1 Å². The summed E-state index contributed by atoms with van der Waals surface area (Å²) in [5.41, 5.74) is -0.265. The van der Waals surface area contributed by atoms with Gasteiger partial charge in [0.15, 0.2) is 0 Å². The molecule has 0 spiro atoms. The summed E-state index contributed by atoms with van der Waals surface area (Å²) in [7, 11) is 0. The first-order valence-electron chi connectivity index (χ1n) is 11.3. The van der Waals surface area contributed by atoms with Crippen molar-refractivity contribution in [1.82, 2.24) is 19.4 Å². The maximum Gasteiger partial charge on any atom is 0.329 e. The van der Waals surface area contributed by atoms with Crippen LogP contribution in [-0.2, 0) is 11.3 Å². The molecule has 34 heavy (non-hydrogen) atoms. The van der Waals surface area contributed by atoms with Crippen LogP contribution in [0.2, 0.25) is 0 Å². The minimum atomic E-state index is -0.692. The fourth-order valence-corrected chi connectivity index (χ4v) is 4.12. The number of carbonyl (C=O) groups excluding carboxylic acids is 2. The second-order valence-corrected chi connectivity index (χ2v) is 8.97. The highest BCUT2D eigenvalue weighted by Gasteiger charge is 2.29. The summed E-state index contributed by atoms with van der Waals surface area (Å²) in [6.45, 7) is 5.51. The van der Waals surface area contributed by atoms with Crippen molar-refractivity contribution < 1.29 is 14.0 Å². The first-order valence-corrected chi connectivity index (χ1v) is 11.3. The Bertz CT molecular complexity index is 1360. The molecule has 2 heterocycles. The van der Waals surface area contributed by atoms with Gasteiger partial charge in [0.2, 0.25) is 5.91 Å². The number of halogens is 1. The lowest BCUT2D eigenvalue weighted by Gasteiger charge is -2.34. The predicted octanol–water partition coefficient (Wildman–Crippen LogP) is 2.21. The number of aromatic nitrogens is 2. The molecule has 1 aliphatic rings. The normalized spacial score (nSPS) is 14.3. The molecule has 3 aromatic rings. The third kappa shape index (κ3) is 4.78. The molecule has 0 saturated carbocycles. The zero-order valence-electron chi connectivity index (χ0n) is 19.2. The quantitative estimate of drug-likeness (QED) is 0.603. The number of nitrogens with one attached hydrogen (secondary N) is 1. The number of hydrogen-bond acceptors (Lipinski definition) is 4. The Hall–Kier alpha value is -3.75. The highest BCUT2D eigenvalue weighted by atomic mass is 19.1. The number of hydrogen-bond donors (Lipinski definition) is 1. The van der Waals surface area contributed by atoms with Crippen molar-refractivity contribution >= 4 is 22.7 Å². The van der Waals surface area contributed by atoms with Gasteiger partial charge in [-0.1, -0.05) is 32.0 Å². The van der Waals surface area contributed by atoms with Crippen LogP contribution in [0.4, 0.5) is 4.39 Å². The SMILES string of the molecule is CC(C)CCN1CCN(C(=O)c2cc(Cn3c(=O)[nH]c(=O)c4ccccc43)ccc2F)CC1=O. The molecule has 0 radical (unpaired) electrons. The van der Waals surface area contributed by atoms with Gasteiger partial charge in [-0.2, -0.15) is 0 Å². The Labute approximate surface area is 195 Å². The maximum absolute atomic E-state index is 14.6. The maximum atomic E-state index is 14.6. The number of amides is 2. The monoisotopic (exact) mass is 466 g/mol. The summed E-state index contributed by atoms with van der Waals surface area (Å²) < 4.78 is 16.0. The van der Waals surface area contributed by atoms with Crippen LogP contribution in [0.3, 0.4) is 0 Å². The van der Waals surface area contributed by atoms with Gasteiger partial charge in [0.1, 0.15) is 12.4 Å². The molecule has 0 atom stereocenters. The van der Waals surface area contributed by atoms with Crippen LogP contribution < -0.4 is 11.2 Å². The summed E-state index contributed by atoms with van der Waals surface area (Å²) in [5.74, 6) is -0.934. The molecule has 9 heteroatoms. The number of para-hydroxylation sites is 1. The van der Waals surface area contributed by atoms with Crippen molar-refractivity contribution in [3.05, 3.63) is 80.2 Å². The highest BCUT2D eigenvalue weighted by molar-refractivity contribution is 5.97. The molecule has 1 aliphatic heterocycles. The molecule has 0 aliphatic carbocycles. The van der Waals surface area contributed by atoms with Gasteiger partial charge in [-0.3, -0.25) is 23.9 Å². The first kappa shape index (κ1) is 23.4. The molecule has 2 aromatic carbocycles. The smallest absolute Gasteiger partial charge is 0.329 e. The third-order valence-electron chi connectivity index (χ3n) is 6.09. The van der Waals surface area contributed by atoms with Gasteiger partial charge in [-0.25, -0.2) is 9.18 Å². The molecule has 4 rings (SSSR count). The van der Waals surface area contributed by atoms with Gasteiger partial charge >= 0.3 is 5.69 Å². The Morgan fingerprint density at radius 1 is 1.09 bits per heavy atom. The van der Waals surface area contributed by atoms with Crippen molar-refractivity contribution in [3.8, 4) is 0 Å². The summed E-state index contributed by atoms with van der Waals surface area (Å²) in [6.07, 6.45) is 0.884. The van der Waals surface area contributed by atoms with E-state index in [-0.39, 0.29) is 24.6 Å². The van der Waals surface area contributed by atoms with E-state index in [1.54, 1.807) is 29.2 Å². The Balaban J connectivity index is 1.56. The van der Waals surface area contributed by atoms with Crippen molar-refractivity contribution in [3.63, 3.8) is 0 Å². The Morgan fingerprint density at radius 2 is 1.85 bits per heavy atom. The number of H-pyrrole nitrogens is 1. The van der Waals surface area contributed by atoms with E-state index < -0.39 is 23.0 Å². The van der Waals surface area contributed by atoms with Crippen molar-refractivity contribution in [2.75, 3.05) is 26.2 Å². The van der Waals surface area contributed by atoms with E-state index in [0.29, 0.717) is 42.0 Å². The molecule has 0 bridgehead atoms. The van der Waals surface area contributed by atoms with Gasteiger partial charge in [0, 0.05) is 19.6 Å². The van der Waals surface area contributed by atoms with E-state index in [0.717, 1.165) is 6.42 Å². The molecular weight excluding hydrogens is 439 g/mol. The van der Waals surface area contributed by atoms with Gasteiger partial charge in [0.25, 0.3) is 11.5 Å². The molecule has 0 unspecified atom stereocenters. The van der Waals surface area contributed by atoms with Crippen LogP contribution in [0.5, 0.6) is 0 Å². The topological polar surface area (TPSA) is 95.5 Å². The van der Waals surface area contributed by atoms with Gasteiger partial charge in [-0.05, 0) is 42.2 Å². The number of rotatable bonds is 6. The summed E-state index contributed by atoms with van der Waals surface area (Å²) in [5, 5.41) is 0.356. The highest BCUT2D eigenvalue weighted by Crippen LogP contribution is 2.17. The zero-order chi connectivity index (χ0) is 24.4. The van der Waals surface area contributed by atoms with E-state index in [4.69, 9.17) is 0 Å². The van der Waals surface area contributed by atoms with Crippen LogP contribution in [0.25, 0.3) is 10.9 Å². The number of nitrogens with zero attached hydrogens (tertiary/aromatic N) is 3. The van der Waals surface area contributed by atoms with Crippen LogP contribution in [0, 0.1) is 11.7 Å². The van der Waals surface area contributed by atoms with Gasteiger partial charge in [0.05, 0.1) is 23.0 Å². The fraction of sp³-hybridized carbons (Fsp3) is 0.360. The molecule has 1 N–H and O–H groups in total. The molecule has 8 nitrogen and oxygen atoms in total. The second-order valence-electron chi connectivity index (χ2n) is 8.97. The minimum Gasteiger partial charge on any atom is -0.339 e. The largest absolute Gasteiger partial charge is 0.339 e. The predicted molar refractivity (Wildman–Crippen MR) is 126 cm³/mol. The minimum absolute atomic E-state index is 0.0403. The number of fused-ring (bicyclic) bond motifs is 1. The Kier molecular flexibility index (Phi) is 6.63. The standard InChI is InChI=1S/C25H27FN4O4/c1-16(2)9-10-28-11-12-29(15-22(28)31)24(33)19-13-17(7-8-20(19)26)14-30-21-6-4-3-5-18(21)23(32)27-25(30)34/h3-8,13,16H,9-12,14-15H2,1-2H3,(H,27,32,34). The Morgan fingerprint density at radius 3 is 2.59 bits per heavy atom. The van der Waals surface area contributed by atoms with Crippen LogP contribution in [0.1, 0.15) is 36.2 Å². The van der Waals surface area contributed by atoms with Crippen LogP contribution >= 0.6 is 0 Å². The fourth-order valence-electron chi connectivity index (χ4n) is 4.12. The number of carbonyl (C=O) groups is 2. The lowest BCUT2D eigenvalue weighted by atomic mass is 10.1. The molecule has 2 amide bonds. The average molecular weight is 467 g/mol. The molecule has 1 aromatic heterocycles. The van der Waals surface area contributed by atoms with Crippen molar-refractivity contribution in [2.45, 2.75) is 26.8 Å². The number of piperazine rings is 1. The van der Waals surface area contributed by atoms with E-state index in [9.17, 15) is 23.6 Å². The number of benzene rings is 2. The van der Waals surface area contributed by atoms with E-state index in [1.807, 2.05) is 0 Å². The van der Waals surface area contributed by atoms with Crippen molar-refractivity contribution in [2.24, 2.45) is 5.92 Å². The van der Waals surface area contributed by atoms with Gasteiger partial charge < -0.3 is 9.80 Å². The summed E-state index contributed by atoms with van der Waals surface area (Å²) in [4.78, 5) is 55.5. The molecule has 1 saturated heterocycles. The van der Waals surface area contributed by atoms with E-state index in [2.05, 4.69) is 18.8 Å². The van der Waals surface area contributed by atoms with Gasteiger partial charge in [-0.15, -0.1) is 0 Å². The van der Waals surface area contributed by atoms with Crippen LogP contribution in [-0.4, -0.2) is 57.3 Å². The molecular formula is C25H27FN4O4. The molecule has 1 fully saturated rings. The summed E-state index contributed by atoms with van der Waals surface area (Å²) >= 11 is 0. The lowest BCUT2D eigenvalue weighted by Crippen LogP contribution is -2.52. The third-order valence-corrected chi connectivity index (χ3v) is 6.09. The first-order chi connectivity index (χ1) is 16.2. The zero-order valence-corrected chi connectivity index (χ0v) is 19.2. The van der Waals surface area contributed by atoms with E-state index in [1.165, 1.54) is 27.7 Å². The lowest BCUT2D eigenvalue weighted by molar-refractivity contribution is -0.135. The number of aromatic amines is 1. The van der Waals surface area contributed by atoms with Crippen molar-refractivity contribution in [1.29, 1.82) is 0 Å². The second kappa shape index (κ2) is 9.62. The molecule has 178 valence electrons.